The van der Waals surface area contributed by atoms with Gasteiger partial charge < -0.3 is 9.88 Å². The average molecular weight is 496 g/mol. The predicted octanol–water partition coefficient (Wildman–Crippen LogP) is 8.35. The lowest BCUT2D eigenvalue weighted by Gasteiger charge is -2.61. The van der Waals surface area contributed by atoms with Gasteiger partial charge in [-0.2, -0.15) is 0 Å². The minimum Gasteiger partial charge on any atom is -0.337 e. The highest BCUT2D eigenvalue weighted by atomic mass is 15.0. The highest BCUT2D eigenvalue weighted by Gasteiger charge is 2.60. The summed E-state index contributed by atoms with van der Waals surface area (Å²) < 4.78 is 2.21. The van der Waals surface area contributed by atoms with E-state index in [4.69, 9.17) is 0 Å². The molecule has 3 nitrogen and oxygen atoms in total. The van der Waals surface area contributed by atoms with E-state index in [1.54, 1.807) is 6.42 Å². The van der Waals surface area contributed by atoms with E-state index in [1.165, 1.54) is 77.0 Å². The molecule has 0 aromatic carbocycles. The van der Waals surface area contributed by atoms with Crippen molar-refractivity contribution in [1.82, 2.24) is 14.9 Å². The Morgan fingerprint density at radius 3 is 2.50 bits per heavy atom. The SMILES string of the molecule is CC(C)CCC[C@@H](C)[C@H]1CCC2[C@H]3CCC4C[C@@H](NCCCn5ccnc5)CC[C@]4(C)C3CC[C@@]21C. The second-order valence-electron chi connectivity index (χ2n) is 14.8. The Kier molecular flexibility index (Phi) is 8.26. The van der Waals surface area contributed by atoms with Crippen molar-refractivity contribution in [2.75, 3.05) is 6.54 Å². The molecule has 204 valence electrons. The highest BCUT2D eigenvalue weighted by molar-refractivity contribution is 5.10. The summed E-state index contributed by atoms with van der Waals surface area (Å²) >= 11 is 0. The van der Waals surface area contributed by atoms with Crippen molar-refractivity contribution in [1.29, 1.82) is 0 Å². The summed E-state index contributed by atoms with van der Waals surface area (Å²) in [6.07, 6.45) is 24.9. The molecular formula is C33H57N3. The van der Waals surface area contributed by atoms with Gasteiger partial charge in [-0.25, -0.2) is 4.98 Å². The fourth-order valence-corrected chi connectivity index (χ4v) is 10.5. The molecule has 1 N–H and O–H groups in total. The number of aryl methyl sites for hydroxylation is 1. The standard InChI is InChI=1S/C33H57N3/c1-24(2)8-6-9-25(3)29-12-13-30-28-11-10-26-22-27(35-18-7-20-36-21-19-34-23-36)14-16-32(26,4)31(28)15-17-33(29,30)5/h19,21,23-31,35H,6-18,20,22H2,1-5H3/t25-,26?,27+,28-,29-,30?,31?,32+,33-/m1/s1. The molecule has 3 unspecified atom stereocenters. The minimum absolute atomic E-state index is 0.611. The van der Waals surface area contributed by atoms with E-state index in [2.05, 4.69) is 55.7 Å². The van der Waals surface area contributed by atoms with Gasteiger partial charge >= 0.3 is 0 Å². The van der Waals surface area contributed by atoms with Crippen molar-refractivity contribution >= 4 is 0 Å². The van der Waals surface area contributed by atoms with Crippen LogP contribution in [0.15, 0.2) is 18.7 Å². The summed E-state index contributed by atoms with van der Waals surface area (Å²) in [6.45, 7) is 15.1. The minimum atomic E-state index is 0.611. The normalized spacial score (nSPS) is 41.1. The van der Waals surface area contributed by atoms with Crippen molar-refractivity contribution in [3.63, 3.8) is 0 Å². The molecule has 36 heavy (non-hydrogen) atoms. The van der Waals surface area contributed by atoms with E-state index < -0.39 is 0 Å². The van der Waals surface area contributed by atoms with Crippen LogP contribution in [0.3, 0.4) is 0 Å². The molecule has 4 saturated carbocycles. The highest BCUT2D eigenvalue weighted by Crippen LogP contribution is 2.68. The van der Waals surface area contributed by atoms with Gasteiger partial charge in [0.25, 0.3) is 0 Å². The number of fused-ring (bicyclic) bond motifs is 5. The molecule has 0 saturated heterocycles. The lowest BCUT2D eigenvalue weighted by Crippen LogP contribution is -2.55. The van der Waals surface area contributed by atoms with Crippen molar-refractivity contribution in [3.8, 4) is 0 Å². The molecule has 0 spiro atoms. The molecule has 0 aliphatic heterocycles. The number of aromatic nitrogens is 2. The van der Waals surface area contributed by atoms with Crippen LogP contribution in [0.4, 0.5) is 0 Å². The molecule has 0 radical (unpaired) electrons. The van der Waals surface area contributed by atoms with Gasteiger partial charge in [0.05, 0.1) is 6.33 Å². The zero-order valence-corrected chi connectivity index (χ0v) is 24.4. The Labute approximate surface area is 223 Å². The van der Waals surface area contributed by atoms with Gasteiger partial charge in [-0.15, -0.1) is 0 Å². The van der Waals surface area contributed by atoms with Gasteiger partial charge in [0.1, 0.15) is 0 Å². The molecule has 5 rings (SSSR count). The van der Waals surface area contributed by atoms with Crippen LogP contribution in [0.2, 0.25) is 0 Å². The first-order chi connectivity index (χ1) is 17.3. The Balaban J connectivity index is 1.15. The van der Waals surface area contributed by atoms with Crippen LogP contribution in [-0.2, 0) is 6.54 Å². The number of nitrogens with zero attached hydrogens (tertiary/aromatic N) is 2. The largest absolute Gasteiger partial charge is 0.337 e. The summed E-state index contributed by atoms with van der Waals surface area (Å²) in [5.74, 6) is 6.79. The Hall–Kier alpha value is -0.830. The monoisotopic (exact) mass is 495 g/mol. The number of hydrogen-bond donors (Lipinski definition) is 1. The molecule has 3 heteroatoms. The lowest BCUT2D eigenvalue weighted by atomic mass is 9.44. The molecule has 0 amide bonds. The maximum atomic E-state index is 4.17. The molecule has 1 aromatic rings. The Morgan fingerprint density at radius 2 is 1.72 bits per heavy atom. The van der Waals surface area contributed by atoms with E-state index in [0.717, 1.165) is 60.6 Å². The van der Waals surface area contributed by atoms with Crippen molar-refractivity contribution in [2.24, 2.45) is 52.3 Å². The van der Waals surface area contributed by atoms with Gasteiger partial charge in [0, 0.05) is 25.0 Å². The Morgan fingerprint density at radius 1 is 0.917 bits per heavy atom. The first-order valence-electron chi connectivity index (χ1n) is 16.0. The summed E-state index contributed by atoms with van der Waals surface area (Å²) in [5, 5.41) is 3.96. The number of hydrogen-bond acceptors (Lipinski definition) is 2. The third-order valence-corrected chi connectivity index (χ3v) is 12.5. The topological polar surface area (TPSA) is 29.9 Å². The number of nitrogens with one attached hydrogen (secondary N) is 1. The first kappa shape index (κ1) is 26.8. The molecule has 4 fully saturated rings. The van der Waals surface area contributed by atoms with E-state index in [9.17, 15) is 0 Å². The molecule has 1 aromatic heterocycles. The molecule has 4 aliphatic rings. The second-order valence-corrected chi connectivity index (χ2v) is 14.8. The van der Waals surface area contributed by atoms with Crippen LogP contribution >= 0.6 is 0 Å². The Bertz CT molecular complexity index is 817. The smallest absolute Gasteiger partial charge is 0.0945 e. The van der Waals surface area contributed by atoms with Gasteiger partial charge in [-0.1, -0.05) is 53.9 Å². The zero-order chi connectivity index (χ0) is 25.3. The van der Waals surface area contributed by atoms with Gasteiger partial charge in [-0.3, -0.25) is 0 Å². The number of rotatable bonds is 10. The van der Waals surface area contributed by atoms with Gasteiger partial charge in [0.2, 0.25) is 0 Å². The summed E-state index contributed by atoms with van der Waals surface area (Å²) in [7, 11) is 0. The van der Waals surface area contributed by atoms with Gasteiger partial charge in [0.15, 0.2) is 0 Å². The van der Waals surface area contributed by atoms with Crippen molar-refractivity contribution in [3.05, 3.63) is 18.7 Å². The molecule has 0 bridgehead atoms. The zero-order valence-electron chi connectivity index (χ0n) is 24.4. The van der Waals surface area contributed by atoms with Crippen LogP contribution in [0.25, 0.3) is 0 Å². The summed E-state index contributed by atoms with van der Waals surface area (Å²) in [4.78, 5) is 4.17. The first-order valence-corrected chi connectivity index (χ1v) is 16.0. The molecule has 1 heterocycles. The molecule has 4 aliphatic carbocycles. The van der Waals surface area contributed by atoms with Gasteiger partial charge in [-0.05, 0) is 123 Å². The third-order valence-electron chi connectivity index (χ3n) is 12.5. The lowest BCUT2D eigenvalue weighted by molar-refractivity contribution is -0.118. The maximum Gasteiger partial charge on any atom is 0.0945 e. The summed E-state index contributed by atoms with van der Waals surface area (Å²) in [5.41, 5.74) is 1.25. The van der Waals surface area contributed by atoms with Crippen LogP contribution in [0, 0.1) is 52.3 Å². The maximum absolute atomic E-state index is 4.17. The van der Waals surface area contributed by atoms with E-state index >= 15 is 0 Å². The van der Waals surface area contributed by atoms with Crippen LogP contribution in [-0.4, -0.2) is 22.1 Å². The van der Waals surface area contributed by atoms with Crippen LogP contribution in [0.5, 0.6) is 0 Å². The van der Waals surface area contributed by atoms with Crippen LogP contribution < -0.4 is 5.32 Å². The summed E-state index contributed by atoms with van der Waals surface area (Å²) in [6, 6.07) is 0.749. The van der Waals surface area contributed by atoms with Crippen molar-refractivity contribution in [2.45, 2.75) is 131 Å². The van der Waals surface area contributed by atoms with Crippen molar-refractivity contribution < 1.29 is 0 Å². The van der Waals surface area contributed by atoms with E-state index in [0.29, 0.717) is 10.8 Å². The molecule has 9 atom stereocenters. The van der Waals surface area contributed by atoms with Crippen LogP contribution in [0.1, 0.15) is 118 Å². The fourth-order valence-electron chi connectivity index (χ4n) is 10.5. The van der Waals surface area contributed by atoms with E-state index in [1.807, 2.05) is 12.5 Å². The fraction of sp³-hybridized carbons (Fsp3) is 0.909. The number of imidazole rings is 1. The predicted molar refractivity (Wildman–Crippen MR) is 152 cm³/mol. The quantitative estimate of drug-likeness (QED) is 0.330. The molecular weight excluding hydrogens is 438 g/mol. The average Bonchev–Trinajstić information content (AvgIpc) is 3.49. The third kappa shape index (κ3) is 5.21. The van der Waals surface area contributed by atoms with E-state index in [-0.39, 0.29) is 0 Å². The second kappa shape index (κ2) is 11.1.